The molecule has 2 atom stereocenters. The molecule has 2 N–H and O–H groups in total. The second kappa shape index (κ2) is 5.55. The summed E-state index contributed by atoms with van der Waals surface area (Å²) >= 11 is 0. The monoisotopic (exact) mass is 301 g/mol. The average molecular weight is 301 g/mol. The Balaban J connectivity index is 2.22. The number of sulfonamides is 1. The second-order valence-electron chi connectivity index (χ2n) is 4.81. The predicted molar refractivity (Wildman–Crippen MR) is 72.9 cm³/mol. The fourth-order valence-electron chi connectivity index (χ4n) is 2.16. The molecule has 0 spiro atoms. The molecule has 7 nitrogen and oxygen atoms in total. The number of hydrogen-bond acceptors (Lipinski definition) is 5. The van der Waals surface area contributed by atoms with E-state index in [9.17, 15) is 13.2 Å². The van der Waals surface area contributed by atoms with E-state index in [2.05, 4.69) is 10.0 Å². The molecule has 1 aliphatic rings. The van der Waals surface area contributed by atoms with Crippen molar-refractivity contribution in [2.75, 3.05) is 20.1 Å². The van der Waals surface area contributed by atoms with Crippen LogP contribution in [0.25, 0.3) is 0 Å². The highest BCUT2D eigenvalue weighted by Crippen LogP contribution is 2.18. The van der Waals surface area contributed by atoms with Gasteiger partial charge in [0.1, 0.15) is 0 Å². The van der Waals surface area contributed by atoms with Crippen LogP contribution in [0.5, 0.6) is 0 Å². The van der Waals surface area contributed by atoms with Gasteiger partial charge in [-0.1, -0.05) is 0 Å². The van der Waals surface area contributed by atoms with E-state index in [-0.39, 0.29) is 28.8 Å². The summed E-state index contributed by atoms with van der Waals surface area (Å²) in [5, 5.41) is 3.03. The Bertz CT molecular complexity index is 596. The second-order valence-corrected chi connectivity index (χ2v) is 6.63. The maximum absolute atomic E-state index is 12.4. The predicted octanol–water partition coefficient (Wildman–Crippen LogP) is 0.0101. The van der Waals surface area contributed by atoms with E-state index in [1.807, 2.05) is 13.8 Å². The lowest BCUT2D eigenvalue weighted by Crippen LogP contribution is -2.57. The van der Waals surface area contributed by atoms with Gasteiger partial charge in [0, 0.05) is 25.2 Å². The van der Waals surface area contributed by atoms with Crippen molar-refractivity contribution in [1.82, 2.24) is 14.9 Å². The van der Waals surface area contributed by atoms with Gasteiger partial charge in [0.2, 0.25) is 5.09 Å². The molecule has 0 aliphatic carbocycles. The van der Waals surface area contributed by atoms with Gasteiger partial charge in [0.25, 0.3) is 15.9 Å². The van der Waals surface area contributed by atoms with E-state index < -0.39 is 10.0 Å². The molecular formula is C12H19N3O4S. The molecule has 1 amide bonds. The molecule has 0 bridgehead atoms. The first-order chi connectivity index (χ1) is 9.36. The van der Waals surface area contributed by atoms with Gasteiger partial charge in [-0.2, -0.15) is 0 Å². The molecule has 0 radical (unpaired) electrons. The lowest BCUT2D eigenvalue weighted by molar-refractivity contribution is 0.0565. The van der Waals surface area contributed by atoms with Gasteiger partial charge in [0.05, 0.1) is 0 Å². The highest BCUT2D eigenvalue weighted by atomic mass is 32.2. The summed E-state index contributed by atoms with van der Waals surface area (Å²) in [6.45, 7) is 5.23. The summed E-state index contributed by atoms with van der Waals surface area (Å²) in [5.41, 5.74) is 0. The molecule has 1 saturated heterocycles. The van der Waals surface area contributed by atoms with Crippen LogP contribution in [0.1, 0.15) is 24.4 Å². The number of hydrogen-bond donors (Lipinski definition) is 2. The van der Waals surface area contributed by atoms with Gasteiger partial charge in [-0.05, 0) is 33.0 Å². The van der Waals surface area contributed by atoms with Crippen molar-refractivity contribution in [3.05, 3.63) is 17.9 Å². The zero-order chi connectivity index (χ0) is 14.9. The number of amides is 1. The molecule has 0 aromatic carbocycles. The van der Waals surface area contributed by atoms with E-state index in [1.165, 1.54) is 19.2 Å². The minimum Gasteiger partial charge on any atom is -0.438 e. The van der Waals surface area contributed by atoms with Crippen molar-refractivity contribution in [1.29, 1.82) is 0 Å². The van der Waals surface area contributed by atoms with Gasteiger partial charge in [0.15, 0.2) is 5.76 Å². The number of nitrogens with zero attached hydrogens (tertiary/aromatic N) is 1. The maximum Gasteiger partial charge on any atom is 0.289 e. The lowest BCUT2D eigenvalue weighted by Gasteiger charge is -2.38. The van der Waals surface area contributed by atoms with Crippen molar-refractivity contribution in [3.8, 4) is 0 Å². The molecule has 1 aromatic heterocycles. The molecular weight excluding hydrogens is 282 g/mol. The van der Waals surface area contributed by atoms with Crippen LogP contribution in [-0.4, -0.2) is 51.4 Å². The minimum absolute atomic E-state index is 0.0192. The third-order valence-corrected chi connectivity index (χ3v) is 4.91. The molecule has 8 heteroatoms. The molecule has 2 rings (SSSR count). The quantitative estimate of drug-likeness (QED) is 0.820. The van der Waals surface area contributed by atoms with Gasteiger partial charge >= 0.3 is 0 Å². The Morgan fingerprint density at radius 2 is 2.15 bits per heavy atom. The smallest absolute Gasteiger partial charge is 0.289 e. The SMILES string of the molecule is CNS(=O)(=O)c1ccc(C(=O)N2CCNC(C)C2C)o1. The highest BCUT2D eigenvalue weighted by Gasteiger charge is 2.31. The van der Waals surface area contributed by atoms with Crippen LogP contribution >= 0.6 is 0 Å². The van der Waals surface area contributed by atoms with Crippen LogP contribution in [0.3, 0.4) is 0 Å². The first-order valence-corrected chi connectivity index (χ1v) is 7.93. The molecule has 2 heterocycles. The van der Waals surface area contributed by atoms with E-state index in [4.69, 9.17) is 4.42 Å². The third kappa shape index (κ3) is 2.72. The summed E-state index contributed by atoms with van der Waals surface area (Å²) in [6, 6.07) is 2.88. The zero-order valence-corrected chi connectivity index (χ0v) is 12.5. The largest absolute Gasteiger partial charge is 0.438 e. The first kappa shape index (κ1) is 15.0. The van der Waals surface area contributed by atoms with Crippen LogP contribution in [0, 0.1) is 0 Å². The fraction of sp³-hybridized carbons (Fsp3) is 0.583. The molecule has 20 heavy (non-hydrogen) atoms. The van der Waals surface area contributed by atoms with Crippen LogP contribution in [0.4, 0.5) is 0 Å². The van der Waals surface area contributed by atoms with Gasteiger partial charge < -0.3 is 14.6 Å². The van der Waals surface area contributed by atoms with Crippen molar-refractivity contribution in [2.24, 2.45) is 0 Å². The number of carbonyl (C=O) groups is 1. The molecule has 1 fully saturated rings. The number of furan rings is 1. The topological polar surface area (TPSA) is 91.7 Å². The van der Waals surface area contributed by atoms with Gasteiger partial charge in [-0.3, -0.25) is 4.79 Å². The number of nitrogens with one attached hydrogen (secondary N) is 2. The molecule has 1 aliphatic heterocycles. The van der Waals surface area contributed by atoms with E-state index in [1.54, 1.807) is 4.90 Å². The van der Waals surface area contributed by atoms with Crippen molar-refractivity contribution in [3.63, 3.8) is 0 Å². The Kier molecular flexibility index (Phi) is 4.17. The molecule has 0 saturated carbocycles. The summed E-state index contributed by atoms with van der Waals surface area (Å²) in [6.07, 6.45) is 0. The number of rotatable bonds is 3. The Morgan fingerprint density at radius 3 is 2.80 bits per heavy atom. The van der Waals surface area contributed by atoms with Crippen molar-refractivity contribution >= 4 is 15.9 Å². The standard InChI is InChI=1S/C12H19N3O4S/c1-8-9(2)15(7-6-14-8)12(16)10-4-5-11(19-10)20(17,18)13-3/h4-5,8-9,13-14H,6-7H2,1-3H3. The van der Waals surface area contributed by atoms with E-state index >= 15 is 0 Å². The van der Waals surface area contributed by atoms with Crippen molar-refractivity contribution < 1.29 is 17.6 Å². The summed E-state index contributed by atoms with van der Waals surface area (Å²) in [4.78, 5) is 14.1. The van der Waals surface area contributed by atoms with Crippen LogP contribution in [0.2, 0.25) is 0 Å². The van der Waals surface area contributed by atoms with Gasteiger partial charge in [-0.25, -0.2) is 13.1 Å². The normalized spacial score (nSPS) is 23.9. The van der Waals surface area contributed by atoms with E-state index in [0.29, 0.717) is 13.1 Å². The van der Waals surface area contributed by atoms with Crippen molar-refractivity contribution in [2.45, 2.75) is 31.0 Å². The Morgan fingerprint density at radius 1 is 1.45 bits per heavy atom. The fourth-order valence-corrected chi connectivity index (χ4v) is 2.81. The molecule has 112 valence electrons. The summed E-state index contributed by atoms with van der Waals surface area (Å²) in [7, 11) is -2.37. The molecule has 1 aromatic rings. The average Bonchev–Trinajstić information content (AvgIpc) is 2.91. The lowest BCUT2D eigenvalue weighted by atomic mass is 10.1. The van der Waals surface area contributed by atoms with Crippen LogP contribution < -0.4 is 10.0 Å². The zero-order valence-electron chi connectivity index (χ0n) is 11.7. The third-order valence-electron chi connectivity index (χ3n) is 3.62. The van der Waals surface area contributed by atoms with Gasteiger partial charge in [-0.15, -0.1) is 0 Å². The molecule has 2 unspecified atom stereocenters. The van der Waals surface area contributed by atoms with E-state index in [0.717, 1.165) is 0 Å². The number of piperazine rings is 1. The number of carbonyl (C=O) groups excluding carboxylic acids is 1. The Hall–Kier alpha value is -1.38. The first-order valence-electron chi connectivity index (χ1n) is 6.44. The summed E-state index contributed by atoms with van der Waals surface area (Å²) in [5.74, 6) is -0.247. The maximum atomic E-state index is 12.4. The van der Waals surface area contributed by atoms with Crippen LogP contribution in [-0.2, 0) is 10.0 Å². The highest BCUT2D eigenvalue weighted by molar-refractivity contribution is 7.89. The minimum atomic E-state index is -3.67. The Labute approximate surface area is 118 Å². The summed E-state index contributed by atoms with van der Waals surface area (Å²) < 4.78 is 30.5. The van der Waals surface area contributed by atoms with Crippen LogP contribution in [0.15, 0.2) is 21.6 Å².